The molecule has 0 fully saturated rings. The van der Waals surface area contributed by atoms with Crippen molar-refractivity contribution in [3.05, 3.63) is 27.3 Å². The summed E-state index contributed by atoms with van der Waals surface area (Å²) in [7, 11) is 1.61. The van der Waals surface area contributed by atoms with Gasteiger partial charge in [0.05, 0.1) is 10.7 Å². The van der Waals surface area contributed by atoms with Crippen LogP contribution < -0.4 is 4.74 Å². The minimum atomic E-state index is 0.148. The van der Waals surface area contributed by atoms with E-state index in [0.717, 1.165) is 14.9 Å². The van der Waals surface area contributed by atoms with Crippen LogP contribution in [0.1, 0.15) is 23.7 Å². The molecular formula is C10H11IO2. The van der Waals surface area contributed by atoms with Gasteiger partial charge in [0.15, 0.2) is 5.78 Å². The Bertz CT molecular complexity index is 321. The van der Waals surface area contributed by atoms with Crippen molar-refractivity contribution in [2.45, 2.75) is 13.3 Å². The van der Waals surface area contributed by atoms with E-state index in [4.69, 9.17) is 4.74 Å². The Labute approximate surface area is 91.4 Å². The molecule has 0 aliphatic rings. The summed E-state index contributed by atoms with van der Waals surface area (Å²) in [5, 5.41) is 0. The third-order valence-corrected chi connectivity index (χ3v) is 2.69. The first-order valence-corrected chi connectivity index (χ1v) is 5.13. The Balaban J connectivity index is 3.06. The second-order valence-corrected chi connectivity index (χ2v) is 3.79. The Kier molecular flexibility index (Phi) is 3.71. The number of benzene rings is 1. The fourth-order valence-electron chi connectivity index (χ4n) is 1.04. The van der Waals surface area contributed by atoms with Crippen molar-refractivity contribution < 1.29 is 9.53 Å². The van der Waals surface area contributed by atoms with Crippen LogP contribution in [0, 0.1) is 3.57 Å². The van der Waals surface area contributed by atoms with Crippen molar-refractivity contribution in [2.75, 3.05) is 7.11 Å². The van der Waals surface area contributed by atoms with Gasteiger partial charge in [-0.25, -0.2) is 0 Å². The molecule has 0 bridgehead atoms. The van der Waals surface area contributed by atoms with Gasteiger partial charge in [-0.3, -0.25) is 4.79 Å². The van der Waals surface area contributed by atoms with Crippen LogP contribution in [0.5, 0.6) is 5.75 Å². The number of rotatable bonds is 3. The average molecular weight is 290 g/mol. The number of carbonyl (C=O) groups is 1. The van der Waals surface area contributed by atoms with E-state index >= 15 is 0 Å². The minimum absolute atomic E-state index is 0.148. The molecule has 0 saturated carbocycles. The number of halogens is 1. The van der Waals surface area contributed by atoms with Gasteiger partial charge in [0.1, 0.15) is 5.75 Å². The molecule has 0 aliphatic carbocycles. The highest BCUT2D eigenvalue weighted by molar-refractivity contribution is 14.1. The summed E-state index contributed by atoms with van der Waals surface area (Å²) >= 11 is 2.18. The van der Waals surface area contributed by atoms with E-state index in [1.807, 2.05) is 19.1 Å². The summed E-state index contributed by atoms with van der Waals surface area (Å²) in [5.74, 6) is 0.912. The first-order chi connectivity index (χ1) is 6.19. The van der Waals surface area contributed by atoms with E-state index in [1.54, 1.807) is 13.2 Å². The lowest BCUT2D eigenvalue weighted by Gasteiger charge is -2.04. The molecule has 1 rings (SSSR count). The highest BCUT2D eigenvalue weighted by Gasteiger charge is 2.06. The number of methoxy groups -OCH3 is 1. The molecule has 0 aromatic heterocycles. The van der Waals surface area contributed by atoms with Crippen LogP contribution in [0.25, 0.3) is 0 Å². The van der Waals surface area contributed by atoms with Crippen molar-refractivity contribution in [1.29, 1.82) is 0 Å². The second-order valence-electron chi connectivity index (χ2n) is 2.63. The Hall–Kier alpha value is -0.580. The molecule has 13 heavy (non-hydrogen) atoms. The zero-order chi connectivity index (χ0) is 9.84. The van der Waals surface area contributed by atoms with Gasteiger partial charge in [-0.05, 0) is 34.7 Å². The average Bonchev–Trinajstić information content (AvgIpc) is 2.17. The minimum Gasteiger partial charge on any atom is -0.496 e. The van der Waals surface area contributed by atoms with Crippen LogP contribution >= 0.6 is 22.6 Å². The van der Waals surface area contributed by atoms with E-state index in [1.165, 1.54) is 0 Å². The molecule has 0 radical (unpaired) electrons. The molecule has 70 valence electrons. The maximum atomic E-state index is 11.3. The number of carbonyl (C=O) groups excluding carboxylic acids is 1. The van der Waals surface area contributed by atoms with Gasteiger partial charge >= 0.3 is 0 Å². The zero-order valence-corrected chi connectivity index (χ0v) is 9.79. The van der Waals surface area contributed by atoms with Crippen LogP contribution in [0.2, 0.25) is 0 Å². The zero-order valence-electron chi connectivity index (χ0n) is 7.63. The number of hydrogen-bond acceptors (Lipinski definition) is 2. The maximum Gasteiger partial charge on any atom is 0.162 e. The monoisotopic (exact) mass is 290 g/mol. The van der Waals surface area contributed by atoms with Crippen molar-refractivity contribution in [1.82, 2.24) is 0 Å². The molecule has 2 nitrogen and oxygen atoms in total. The Morgan fingerprint density at radius 1 is 1.54 bits per heavy atom. The molecule has 0 heterocycles. The molecule has 0 spiro atoms. The highest BCUT2D eigenvalue weighted by atomic mass is 127. The van der Waals surface area contributed by atoms with Gasteiger partial charge in [0.25, 0.3) is 0 Å². The van der Waals surface area contributed by atoms with Crippen LogP contribution in [0.4, 0.5) is 0 Å². The van der Waals surface area contributed by atoms with E-state index < -0.39 is 0 Å². The predicted molar refractivity (Wildman–Crippen MR) is 60.3 cm³/mol. The van der Waals surface area contributed by atoms with Crippen LogP contribution in [-0.2, 0) is 0 Å². The highest BCUT2D eigenvalue weighted by Crippen LogP contribution is 2.22. The number of hydrogen-bond donors (Lipinski definition) is 0. The van der Waals surface area contributed by atoms with Gasteiger partial charge in [-0.1, -0.05) is 13.0 Å². The molecule has 0 atom stereocenters. The van der Waals surface area contributed by atoms with E-state index in [9.17, 15) is 4.79 Å². The van der Waals surface area contributed by atoms with Crippen LogP contribution in [-0.4, -0.2) is 12.9 Å². The first-order valence-electron chi connectivity index (χ1n) is 4.05. The smallest absolute Gasteiger partial charge is 0.162 e. The van der Waals surface area contributed by atoms with Gasteiger partial charge in [-0.15, -0.1) is 0 Å². The first kappa shape index (κ1) is 10.5. The summed E-state index contributed by atoms with van der Waals surface area (Å²) in [6.07, 6.45) is 0.531. The van der Waals surface area contributed by atoms with Crippen molar-refractivity contribution in [3.63, 3.8) is 0 Å². The predicted octanol–water partition coefficient (Wildman–Crippen LogP) is 2.89. The summed E-state index contributed by atoms with van der Waals surface area (Å²) in [4.78, 5) is 11.3. The second kappa shape index (κ2) is 4.60. The summed E-state index contributed by atoms with van der Waals surface area (Å²) < 4.78 is 6.14. The lowest BCUT2D eigenvalue weighted by molar-refractivity contribution is 0.0988. The molecule has 1 aromatic rings. The normalized spacial score (nSPS) is 9.77. The van der Waals surface area contributed by atoms with E-state index in [2.05, 4.69) is 22.6 Å². The fourth-order valence-corrected chi connectivity index (χ4v) is 1.59. The maximum absolute atomic E-state index is 11.3. The molecule has 0 unspecified atom stereocenters. The molecule has 0 aliphatic heterocycles. The van der Waals surface area contributed by atoms with Crippen LogP contribution in [0.15, 0.2) is 18.2 Å². The fraction of sp³-hybridized carbons (Fsp3) is 0.300. The molecular weight excluding hydrogens is 279 g/mol. The third kappa shape index (κ3) is 2.43. The lowest BCUT2D eigenvalue weighted by Crippen LogP contribution is -1.97. The number of Topliss-reactive ketones (excluding diaryl/α,β-unsaturated/α-hetero) is 1. The van der Waals surface area contributed by atoms with Crippen molar-refractivity contribution in [3.8, 4) is 5.75 Å². The van der Waals surface area contributed by atoms with Gasteiger partial charge in [0, 0.05) is 12.0 Å². The Morgan fingerprint density at radius 2 is 2.23 bits per heavy atom. The van der Waals surface area contributed by atoms with Gasteiger partial charge < -0.3 is 4.74 Å². The number of ketones is 1. The van der Waals surface area contributed by atoms with Crippen LogP contribution in [0.3, 0.4) is 0 Å². The summed E-state index contributed by atoms with van der Waals surface area (Å²) in [6, 6.07) is 5.51. The number of ether oxygens (including phenoxy) is 1. The Morgan fingerprint density at radius 3 is 2.77 bits per heavy atom. The standard InChI is InChI=1S/C10H11IO2/c1-3-9(12)7-4-5-8(11)10(6-7)13-2/h4-6H,3H2,1-2H3. The lowest BCUT2D eigenvalue weighted by atomic mass is 10.1. The molecule has 3 heteroatoms. The summed E-state index contributed by atoms with van der Waals surface area (Å²) in [6.45, 7) is 1.85. The molecule has 1 aromatic carbocycles. The SMILES string of the molecule is CCC(=O)c1ccc(I)c(OC)c1. The molecule has 0 saturated heterocycles. The largest absolute Gasteiger partial charge is 0.496 e. The topological polar surface area (TPSA) is 26.3 Å². The third-order valence-electron chi connectivity index (χ3n) is 1.79. The quantitative estimate of drug-likeness (QED) is 0.632. The van der Waals surface area contributed by atoms with E-state index in [-0.39, 0.29) is 5.78 Å². The summed E-state index contributed by atoms with van der Waals surface area (Å²) in [5.41, 5.74) is 0.722. The van der Waals surface area contributed by atoms with Gasteiger partial charge in [-0.2, -0.15) is 0 Å². The van der Waals surface area contributed by atoms with Crippen molar-refractivity contribution >= 4 is 28.4 Å². The van der Waals surface area contributed by atoms with Gasteiger partial charge in [0.2, 0.25) is 0 Å². The molecule has 0 N–H and O–H groups in total. The molecule has 0 amide bonds. The van der Waals surface area contributed by atoms with Crippen molar-refractivity contribution in [2.24, 2.45) is 0 Å². The van der Waals surface area contributed by atoms with E-state index in [0.29, 0.717) is 6.42 Å².